The Morgan fingerprint density at radius 3 is 2.67 bits per heavy atom. The zero-order chi connectivity index (χ0) is 17.7. The molecule has 2 rings (SSSR count). The van der Waals surface area contributed by atoms with Crippen LogP contribution in [0.2, 0.25) is 5.28 Å². The highest BCUT2D eigenvalue weighted by Gasteiger charge is 2.17. The van der Waals surface area contributed by atoms with E-state index >= 15 is 0 Å². The molecule has 1 amide bonds. The van der Waals surface area contributed by atoms with Gasteiger partial charge >= 0.3 is 0 Å². The van der Waals surface area contributed by atoms with E-state index in [1.807, 2.05) is 0 Å². The number of benzene rings is 1. The summed E-state index contributed by atoms with van der Waals surface area (Å²) in [6, 6.07) is 5.33. The molecule has 0 spiro atoms. The lowest BCUT2D eigenvalue weighted by Crippen LogP contribution is -2.44. The highest BCUT2D eigenvalue weighted by molar-refractivity contribution is 9.10. The number of nitrogens with zero attached hydrogens (tertiary/aromatic N) is 3. The molecule has 1 heterocycles. The second-order valence-corrected chi connectivity index (χ2v) is 6.78. The Balaban J connectivity index is 2.23. The minimum absolute atomic E-state index is 0.0822. The number of amides is 1. The van der Waals surface area contributed by atoms with E-state index in [9.17, 15) is 9.18 Å². The van der Waals surface area contributed by atoms with Crippen LogP contribution in [0.3, 0.4) is 0 Å². The van der Waals surface area contributed by atoms with Gasteiger partial charge in [0.25, 0.3) is 5.91 Å². The monoisotopic (exact) mass is 414 g/mol. The molecule has 0 radical (unpaired) electrons. The fraction of sp³-hybridized carbons (Fsp3) is 0.312. The number of rotatable bonds is 6. The SMILES string of the molecule is CC(C)CCN(NC(=O)c1ccc(F)cc1)c1nc(Cl)ncc1Br. The third-order valence-corrected chi connectivity index (χ3v) is 3.97. The van der Waals surface area contributed by atoms with Gasteiger partial charge in [-0.2, -0.15) is 4.98 Å². The third-order valence-electron chi connectivity index (χ3n) is 3.22. The van der Waals surface area contributed by atoms with Crippen molar-refractivity contribution >= 4 is 39.3 Å². The molecule has 2 aromatic rings. The fourth-order valence-electron chi connectivity index (χ4n) is 1.92. The van der Waals surface area contributed by atoms with E-state index in [2.05, 4.69) is 45.2 Å². The summed E-state index contributed by atoms with van der Waals surface area (Å²) in [5, 5.41) is 1.70. The number of hydrogen-bond donors (Lipinski definition) is 1. The number of hydrazine groups is 1. The van der Waals surface area contributed by atoms with Gasteiger partial charge in [0.2, 0.25) is 5.28 Å². The average molecular weight is 416 g/mol. The van der Waals surface area contributed by atoms with Gasteiger partial charge in [-0.25, -0.2) is 9.37 Å². The molecule has 1 aromatic heterocycles. The summed E-state index contributed by atoms with van der Waals surface area (Å²) in [6.07, 6.45) is 2.36. The molecule has 0 saturated heterocycles. The fourth-order valence-corrected chi connectivity index (χ4v) is 2.45. The molecule has 0 fully saturated rings. The maximum Gasteiger partial charge on any atom is 0.269 e. The average Bonchev–Trinajstić information content (AvgIpc) is 2.54. The maximum absolute atomic E-state index is 13.0. The van der Waals surface area contributed by atoms with E-state index in [0.29, 0.717) is 28.3 Å². The Kier molecular flexibility index (Phi) is 6.51. The first-order chi connectivity index (χ1) is 11.4. The molecule has 0 unspecified atom stereocenters. The maximum atomic E-state index is 13.0. The van der Waals surface area contributed by atoms with Crippen molar-refractivity contribution in [3.63, 3.8) is 0 Å². The smallest absolute Gasteiger partial charge is 0.267 e. The summed E-state index contributed by atoms with van der Waals surface area (Å²) in [6.45, 7) is 4.71. The first-order valence-corrected chi connectivity index (χ1v) is 8.56. The topological polar surface area (TPSA) is 58.1 Å². The summed E-state index contributed by atoms with van der Waals surface area (Å²) in [4.78, 5) is 20.5. The van der Waals surface area contributed by atoms with Crippen LogP contribution in [0.5, 0.6) is 0 Å². The number of aromatic nitrogens is 2. The van der Waals surface area contributed by atoms with Crippen LogP contribution in [0.1, 0.15) is 30.6 Å². The number of anilines is 1. The van der Waals surface area contributed by atoms with E-state index in [-0.39, 0.29) is 11.2 Å². The number of nitrogens with one attached hydrogen (secondary N) is 1. The number of hydrogen-bond acceptors (Lipinski definition) is 4. The predicted octanol–water partition coefficient (Wildman–Crippen LogP) is 4.23. The van der Waals surface area contributed by atoms with Gasteiger partial charge in [-0.15, -0.1) is 0 Å². The molecule has 0 saturated carbocycles. The van der Waals surface area contributed by atoms with Crippen LogP contribution in [0, 0.1) is 11.7 Å². The van der Waals surface area contributed by atoms with Crippen molar-refractivity contribution < 1.29 is 9.18 Å². The van der Waals surface area contributed by atoms with Crippen LogP contribution in [-0.2, 0) is 0 Å². The first-order valence-electron chi connectivity index (χ1n) is 7.39. The Morgan fingerprint density at radius 2 is 2.04 bits per heavy atom. The molecule has 24 heavy (non-hydrogen) atoms. The van der Waals surface area contributed by atoms with Crippen molar-refractivity contribution in [3.8, 4) is 0 Å². The molecule has 8 heteroatoms. The lowest BCUT2D eigenvalue weighted by atomic mass is 10.1. The van der Waals surface area contributed by atoms with E-state index in [0.717, 1.165) is 6.42 Å². The molecular formula is C16H17BrClFN4O. The molecule has 0 aliphatic carbocycles. The Bertz CT molecular complexity index is 712. The van der Waals surface area contributed by atoms with Crippen LogP contribution in [0.15, 0.2) is 34.9 Å². The standard InChI is InChI=1S/C16H17BrClFN4O/c1-10(2)7-8-23(14-13(17)9-20-16(18)21-14)22-15(24)11-3-5-12(19)6-4-11/h3-6,9-10H,7-8H2,1-2H3,(H,22,24). The van der Waals surface area contributed by atoms with Crippen molar-refractivity contribution in [3.05, 3.63) is 51.6 Å². The number of carbonyl (C=O) groups is 1. The van der Waals surface area contributed by atoms with Gasteiger partial charge in [0, 0.05) is 18.3 Å². The van der Waals surface area contributed by atoms with Crippen LogP contribution in [-0.4, -0.2) is 22.4 Å². The second-order valence-electron chi connectivity index (χ2n) is 5.59. The lowest BCUT2D eigenvalue weighted by molar-refractivity contribution is 0.0947. The van der Waals surface area contributed by atoms with Gasteiger partial charge in [-0.1, -0.05) is 13.8 Å². The zero-order valence-electron chi connectivity index (χ0n) is 13.3. The van der Waals surface area contributed by atoms with E-state index < -0.39 is 5.82 Å². The Hall–Kier alpha value is -1.73. The second kappa shape index (κ2) is 8.39. The minimum Gasteiger partial charge on any atom is -0.267 e. The van der Waals surface area contributed by atoms with Crippen LogP contribution >= 0.6 is 27.5 Å². The summed E-state index contributed by atoms with van der Waals surface area (Å²) in [5.41, 5.74) is 3.13. The highest BCUT2D eigenvalue weighted by Crippen LogP contribution is 2.24. The Morgan fingerprint density at radius 1 is 1.38 bits per heavy atom. The summed E-state index contributed by atoms with van der Waals surface area (Å²) < 4.78 is 13.6. The van der Waals surface area contributed by atoms with Gasteiger partial charge in [0.05, 0.1) is 4.47 Å². The van der Waals surface area contributed by atoms with Gasteiger partial charge in [-0.3, -0.25) is 15.2 Å². The molecule has 5 nitrogen and oxygen atoms in total. The van der Waals surface area contributed by atoms with Crippen molar-refractivity contribution in [2.45, 2.75) is 20.3 Å². The van der Waals surface area contributed by atoms with Gasteiger partial charge in [0.15, 0.2) is 5.82 Å². The predicted molar refractivity (Wildman–Crippen MR) is 95.4 cm³/mol. The quantitative estimate of drug-likeness (QED) is 0.566. The van der Waals surface area contributed by atoms with Crippen molar-refractivity contribution in [1.82, 2.24) is 15.4 Å². The Labute approximate surface area is 153 Å². The summed E-state index contributed by atoms with van der Waals surface area (Å²) in [5.74, 6) is 0.145. The largest absolute Gasteiger partial charge is 0.269 e. The van der Waals surface area contributed by atoms with Crippen LogP contribution in [0.25, 0.3) is 0 Å². The third kappa shape index (κ3) is 5.14. The molecule has 1 N–H and O–H groups in total. The number of halogens is 3. The van der Waals surface area contributed by atoms with Crippen molar-refractivity contribution in [2.75, 3.05) is 11.6 Å². The van der Waals surface area contributed by atoms with Crippen molar-refractivity contribution in [1.29, 1.82) is 0 Å². The highest BCUT2D eigenvalue weighted by atomic mass is 79.9. The summed E-state index contributed by atoms with van der Waals surface area (Å²) >= 11 is 9.24. The summed E-state index contributed by atoms with van der Waals surface area (Å²) in [7, 11) is 0. The molecule has 0 bridgehead atoms. The molecule has 1 aromatic carbocycles. The van der Waals surface area contributed by atoms with E-state index in [1.165, 1.54) is 30.5 Å². The minimum atomic E-state index is -0.395. The van der Waals surface area contributed by atoms with Crippen molar-refractivity contribution in [2.24, 2.45) is 5.92 Å². The molecule has 0 atom stereocenters. The van der Waals surface area contributed by atoms with Crippen LogP contribution in [0.4, 0.5) is 10.2 Å². The number of carbonyl (C=O) groups excluding carboxylic acids is 1. The zero-order valence-corrected chi connectivity index (χ0v) is 15.6. The van der Waals surface area contributed by atoms with Crippen LogP contribution < -0.4 is 10.4 Å². The lowest BCUT2D eigenvalue weighted by Gasteiger charge is -2.26. The van der Waals surface area contributed by atoms with E-state index in [1.54, 1.807) is 5.01 Å². The molecule has 0 aliphatic heterocycles. The first kappa shape index (κ1) is 18.6. The molecule has 0 aliphatic rings. The normalized spacial score (nSPS) is 10.8. The molecule has 128 valence electrons. The molecular weight excluding hydrogens is 399 g/mol. The van der Waals surface area contributed by atoms with Gasteiger partial charge < -0.3 is 0 Å². The van der Waals surface area contributed by atoms with Gasteiger partial charge in [-0.05, 0) is 64.1 Å². The van der Waals surface area contributed by atoms with Gasteiger partial charge in [0.1, 0.15) is 5.82 Å². The van der Waals surface area contributed by atoms with E-state index in [4.69, 9.17) is 11.6 Å².